The molecule has 8 nitrogen and oxygen atoms in total. The van der Waals surface area contributed by atoms with Gasteiger partial charge in [0, 0.05) is 29.3 Å². The average molecular weight is 577 g/mol. The van der Waals surface area contributed by atoms with Crippen molar-refractivity contribution >= 4 is 37.4 Å². The zero-order valence-electron chi connectivity index (χ0n) is 21.6. The predicted molar refractivity (Wildman–Crippen MR) is 137 cm³/mol. The molecule has 186 valence electrons. The number of rotatable bonds is 6. The van der Waals surface area contributed by atoms with Gasteiger partial charge in [-0.1, -0.05) is 62.7 Å². The molecule has 5 rings (SSSR count). The molecule has 0 saturated heterocycles. The zero-order chi connectivity index (χ0) is 26.1. The van der Waals surface area contributed by atoms with Crippen molar-refractivity contribution in [1.29, 1.82) is 5.26 Å². The Hall–Kier alpha value is -1.70. The fraction of sp³-hybridized carbons (Fsp3) is 0.111. The predicted octanol–water partition coefficient (Wildman–Crippen LogP) is -2.84. The van der Waals surface area contributed by atoms with E-state index in [9.17, 15) is 19.8 Å². The van der Waals surface area contributed by atoms with E-state index in [1.54, 1.807) is 24.3 Å². The van der Waals surface area contributed by atoms with Gasteiger partial charge < -0.3 is 19.6 Å². The van der Waals surface area contributed by atoms with Crippen LogP contribution in [0.25, 0.3) is 11.3 Å². The van der Waals surface area contributed by atoms with Crippen LogP contribution in [0, 0.1) is 11.3 Å². The minimum Gasteiger partial charge on any atom is -0.810 e. The fourth-order valence-electron chi connectivity index (χ4n) is 4.69. The number of halogens is 1. The number of amides is 1. The SMILES string of the molecule is CN1C(Cc2ccccc2)C(c2ccc(Cl)cc2)=C2NC(=O)C=C(c3ccc(C#N)cc3OP([O-])[O-])N21.[Na+].[Na+]. The molecule has 39 heavy (non-hydrogen) atoms. The maximum Gasteiger partial charge on any atom is 1.00 e. The third kappa shape index (κ3) is 6.79. The van der Waals surface area contributed by atoms with Gasteiger partial charge in [0.25, 0.3) is 5.91 Å². The van der Waals surface area contributed by atoms with Crippen molar-refractivity contribution in [3.63, 3.8) is 0 Å². The number of carbonyl (C=O) groups is 1. The molecule has 12 heteroatoms. The monoisotopic (exact) mass is 576 g/mol. The number of hydrogen-bond donors (Lipinski definition) is 1. The van der Waals surface area contributed by atoms with Crippen LogP contribution in [0.2, 0.25) is 5.02 Å². The number of nitrogens with zero attached hydrogens (tertiary/aromatic N) is 3. The number of likely N-dealkylation sites (N-methyl/N-ethyl adjacent to an activating group) is 1. The van der Waals surface area contributed by atoms with E-state index in [2.05, 4.69) is 5.32 Å². The third-order valence-electron chi connectivity index (χ3n) is 6.29. The Kier molecular flexibility index (Phi) is 11.2. The molecule has 0 spiro atoms. The first-order valence-corrected chi connectivity index (χ1v) is 12.8. The Labute approximate surface area is 277 Å². The van der Waals surface area contributed by atoms with E-state index in [-0.39, 0.29) is 82.4 Å². The van der Waals surface area contributed by atoms with Crippen molar-refractivity contribution in [2.45, 2.75) is 12.5 Å². The molecule has 1 unspecified atom stereocenters. The van der Waals surface area contributed by atoms with Gasteiger partial charge in [-0.3, -0.25) is 9.80 Å². The van der Waals surface area contributed by atoms with Crippen LogP contribution in [-0.4, -0.2) is 29.0 Å². The number of benzene rings is 3. The van der Waals surface area contributed by atoms with Gasteiger partial charge in [0.2, 0.25) is 0 Å². The summed E-state index contributed by atoms with van der Waals surface area (Å²) in [5.41, 5.74) is 3.87. The summed E-state index contributed by atoms with van der Waals surface area (Å²) in [6.07, 6.45) is 2.03. The van der Waals surface area contributed by atoms with Crippen LogP contribution >= 0.6 is 20.2 Å². The smallest absolute Gasteiger partial charge is 0.810 e. The van der Waals surface area contributed by atoms with Crippen molar-refractivity contribution in [2.24, 2.45) is 0 Å². The average Bonchev–Trinajstić information content (AvgIpc) is 3.15. The van der Waals surface area contributed by atoms with Gasteiger partial charge in [-0.2, -0.15) is 5.26 Å². The zero-order valence-corrected chi connectivity index (χ0v) is 27.2. The van der Waals surface area contributed by atoms with E-state index >= 15 is 0 Å². The van der Waals surface area contributed by atoms with Crippen molar-refractivity contribution in [2.75, 3.05) is 7.05 Å². The maximum atomic E-state index is 12.9. The standard InChI is InChI=1S/C27H20ClN4O4P.2Na/c1-31-23(13-17-5-3-2-4-6-17)26(19-8-10-20(28)11-9-19)27-30-25(33)15-22(32(27)31)21-12-7-18(16-29)14-24(21)36-37(34)35;;/h2-12,14-15,23H,13H2,1H3,(H,30,33);;/q-2;2*+1. The summed E-state index contributed by atoms with van der Waals surface area (Å²) >= 11 is 6.16. The summed E-state index contributed by atoms with van der Waals surface area (Å²) in [5, 5.41) is 16.7. The van der Waals surface area contributed by atoms with Gasteiger partial charge in [0.05, 0.1) is 23.4 Å². The Morgan fingerprint density at radius 2 is 1.77 bits per heavy atom. The second kappa shape index (κ2) is 13.8. The molecule has 3 aromatic carbocycles. The molecule has 3 aromatic rings. The Morgan fingerprint density at radius 1 is 1.08 bits per heavy atom. The van der Waals surface area contributed by atoms with Gasteiger partial charge >= 0.3 is 59.1 Å². The molecule has 2 heterocycles. The molecule has 0 aliphatic carbocycles. The number of carbonyl (C=O) groups excluding carboxylic acids is 1. The van der Waals surface area contributed by atoms with E-state index in [0.717, 1.165) is 16.7 Å². The van der Waals surface area contributed by atoms with Crippen molar-refractivity contribution < 1.29 is 78.2 Å². The van der Waals surface area contributed by atoms with Crippen LogP contribution in [0.5, 0.6) is 5.75 Å². The summed E-state index contributed by atoms with van der Waals surface area (Å²) in [6.45, 7) is 0. The van der Waals surface area contributed by atoms with Crippen LogP contribution < -0.4 is 78.7 Å². The van der Waals surface area contributed by atoms with Gasteiger partial charge in [-0.15, -0.1) is 0 Å². The maximum absolute atomic E-state index is 12.9. The molecule has 0 aromatic heterocycles. The third-order valence-corrected chi connectivity index (χ3v) is 6.89. The van der Waals surface area contributed by atoms with E-state index in [0.29, 0.717) is 28.5 Å². The van der Waals surface area contributed by atoms with Gasteiger partial charge in [0.1, 0.15) is 11.6 Å². The normalized spacial score (nSPS) is 16.5. The second-order valence-electron chi connectivity index (χ2n) is 8.52. The quantitative estimate of drug-likeness (QED) is 0.248. The first kappa shape index (κ1) is 31.8. The van der Waals surface area contributed by atoms with Crippen molar-refractivity contribution in [1.82, 2.24) is 15.3 Å². The van der Waals surface area contributed by atoms with E-state index in [1.807, 2.05) is 65.6 Å². The van der Waals surface area contributed by atoms with Crippen LogP contribution in [-0.2, 0) is 11.2 Å². The molecule has 1 amide bonds. The minimum absolute atomic E-state index is 0. The number of nitrogens with one attached hydrogen (secondary N) is 1. The minimum atomic E-state index is -3.25. The molecule has 0 radical (unpaired) electrons. The van der Waals surface area contributed by atoms with E-state index in [1.165, 1.54) is 12.1 Å². The Bertz CT molecular complexity index is 1460. The number of hydrazine groups is 1. The summed E-state index contributed by atoms with van der Waals surface area (Å²) in [4.78, 5) is 35.9. The largest absolute Gasteiger partial charge is 1.00 e. The summed E-state index contributed by atoms with van der Waals surface area (Å²) in [5.74, 6) is 0.141. The number of nitriles is 1. The van der Waals surface area contributed by atoms with Crippen LogP contribution in [0.15, 0.2) is 84.7 Å². The first-order valence-electron chi connectivity index (χ1n) is 11.3. The summed E-state index contributed by atoms with van der Waals surface area (Å²) in [6, 6.07) is 23.7. The van der Waals surface area contributed by atoms with Gasteiger partial charge in [0.15, 0.2) is 0 Å². The number of fused-ring (bicyclic) bond motifs is 1. The molecular formula is C27H20ClN4Na2O4P. The van der Waals surface area contributed by atoms with Crippen LogP contribution in [0.3, 0.4) is 0 Å². The molecule has 0 saturated carbocycles. The molecule has 1 atom stereocenters. The van der Waals surface area contributed by atoms with Gasteiger partial charge in [-0.25, -0.2) is 5.01 Å². The molecule has 2 aliphatic heterocycles. The topological polar surface area (TPSA) is 115 Å². The van der Waals surface area contributed by atoms with E-state index < -0.39 is 8.60 Å². The van der Waals surface area contributed by atoms with Crippen LogP contribution in [0.4, 0.5) is 0 Å². The Morgan fingerprint density at radius 3 is 2.41 bits per heavy atom. The summed E-state index contributed by atoms with van der Waals surface area (Å²) < 4.78 is 5.06. The van der Waals surface area contributed by atoms with Gasteiger partial charge in [-0.05, 0) is 47.9 Å². The summed E-state index contributed by atoms with van der Waals surface area (Å²) in [7, 11) is -1.35. The Balaban J connectivity index is 0.00000210. The molecule has 1 N–H and O–H groups in total. The van der Waals surface area contributed by atoms with E-state index in [4.69, 9.17) is 16.1 Å². The molecule has 0 bridgehead atoms. The van der Waals surface area contributed by atoms with Crippen molar-refractivity contribution in [3.05, 3.63) is 112 Å². The second-order valence-corrected chi connectivity index (χ2v) is 9.58. The fourth-order valence-corrected chi connectivity index (χ4v) is 5.12. The van der Waals surface area contributed by atoms with Crippen LogP contribution in [0.1, 0.15) is 22.3 Å². The number of hydrogen-bond acceptors (Lipinski definition) is 7. The molecule has 0 fully saturated rings. The van der Waals surface area contributed by atoms with Crippen molar-refractivity contribution in [3.8, 4) is 11.8 Å². The first-order chi connectivity index (χ1) is 17.9. The molecule has 2 aliphatic rings. The molecular weight excluding hydrogens is 557 g/mol.